The van der Waals surface area contributed by atoms with Gasteiger partial charge in [-0.1, -0.05) is 19.4 Å². The highest BCUT2D eigenvalue weighted by atomic mass is 32.1. The average molecular weight is 104 g/mol. The zero-order valence-electron chi connectivity index (χ0n) is 3.44. The van der Waals surface area contributed by atoms with Gasteiger partial charge < -0.3 is 5.32 Å². The monoisotopic (exact) mass is 104 g/mol. The Bertz CT molecular complexity index is 37.8. The first-order valence-corrected chi connectivity index (χ1v) is 2.07. The highest BCUT2D eigenvalue weighted by molar-refractivity contribution is 7.78. The van der Waals surface area contributed by atoms with Gasteiger partial charge in [0.25, 0.3) is 0 Å². The zero-order valence-corrected chi connectivity index (χ0v) is 4.33. The van der Waals surface area contributed by atoms with Crippen LogP contribution in [0.25, 0.3) is 0 Å². The summed E-state index contributed by atoms with van der Waals surface area (Å²) in [5, 5.41) is 2.77. The van der Waals surface area contributed by atoms with Crippen molar-refractivity contribution in [2.45, 2.75) is 0 Å². The molecule has 0 aromatic heterocycles. The van der Waals surface area contributed by atoms with Gasteiger partial charge in [0.15, 0.2) is 0 Å². The second-order valence-electron chi connectivity index (χ2n) is 0.743. The third-order valence-electron chi connectivity index (χ3n) is 0.325. The van der Waals surface area contributed by atoms with Crippen molar-refractivity contribution in [3.63, 3.8) is 0 Å². The Morgan fingerprint density at radius 1 is 1.83 bits per heavy atom. The highest BCUT2D eigenvalue weighted by Gasteiger charge is 1.63. The molecule has 0 spiro atoms. The van der Waals surface area contributed by atoms with Gasteiger partial charge in [-0.15, -0.1) is 0 Å². The molecule has 0 radical (unpaired) electrons. The van der Waals surface area contributed by atoms with Crippen LogP contribution in [0.3, 0.4) is 0 Å². The fourth-order valence-corrected chi connectivity index (χ4v) is 0.209. The molecular weight excluding hydrogens is 96.1 g/mol. The molecule has 0 amide bonds. The summed E-state index contributed by atoms with van der Waals surface area (Å²) in [7, 11) is 0. The Balaban J connectivity index is 2.49. The predicted molar refractivity (Wildman–Crippen MR) is 30.3 cm³/mol. The van der Waals surface area contributed by atoms with E-state index in [0.29, 0.717) is 6.67 Å². The smallest absolute Gasteiger partial charge is 0.0738 e. The average Bonchev–Trinajstić information content (AvgIpc) is 1.61. The van der Waals surface area contributed by atoms with E-state index in [1.165, 1.54) is 0 Å². The highest BCUT2D eigenvalue weighted by Crippen LogP contribution is 1.53. The third kappa shape index (κ3) is 3.85. The van der Waals surface area contributed by atoms with Crippen LogP contribution in [0.2, 0.25) is 0 Å². The van der Waals surface area contributed by atoms with Gasteiger partial charge in [0.1, 0.15) is 0 Å². The molecule has 0 unspecified atom stereocenters. The topological polar surface area (TPSA) is 24.1 Å². The Labute approximate surface area is 43.2 Å². The Morgan fingerprint density at radius 3 is 2.67 bits per heavy atom. The fraction of sp³-hybridized carbons (Fsp3) is 0.333. The molecule has 2 N–H and O–H groups in total. The van der Waals surface area contributed by atoms with E-state index in [1.54, 1.807) is 6.20 Å². The van der Waals surface area contributed by atoms with E-state index in [2.05, 4.69) is 29.4 Å². The van der Waals surface area contributed by atoms with Crippen molar-refractivity contribution in [2.24, 2.45) is 0 Å². The molecule has 0 aromatic carbocycles. The Morgan fingerprint density at radius 2 is 2.50 bits per heavy atom. The number of hydrogen-bond donors (Lipinski definition) is 3. The van der Waals surface area contributed by atoms with Crippen molar-refractivity contribution in [3.05, 3.63) is 12.8 Å². The zero-order chi connectivity index (χ0) is 4.83. The molecule has 0 aliphatic carbocycles. The third-order valence-corrected chi connectivity index (χ3v) is 0.484. The van der Waals surface area contributed by atoms with Crippen molar-refractivity contribution < 1.29 is 0 Å². The minimum absolute atomic E-state index is 0.659. The van der Waals surface area contributed by atoms with Gasteiger partial charge >= 0.3 is 0 Å². The molecule has 0 atom stereocenters. The normalized spacial score (nSPS) is 7.50. The molecule has 3 heteroatoms. The first kappa shape index (κ1) is 5.85. The van der Waals surface area contributed by atoms with Crippen LogP contribution >= 0.6 is 12.8 Å². The second-order valence-corrected chi connectivity index (χ2v) is 1.06. The van der Waals surface area contributed by atoms with Crippen molar-refractivity contribution in [3.8, 4) is 0 Å². The van der Waals surface area contributed by atoms with Crippen LogP contribution in [0, 0.1) is 0 Å². The minimum atomic E-state index is 0.659. The summed E-state index contributed by atoms with van der Waals surface area (Å²) in [6.45, 7) is 4.07. The summed E-state index contributed by atoms with van der Waals surface area (Å²) in [5.41, 5.74) is 0. The standard InChI is InChI=1S/C3H8N2S/c1-2-4-3-5-6/h2,4-6H,1,3H2. The molecule has 0 fully saturated rings. The van der Waals surface area contributed by atoms with Gasteiger partial charge in [-0.05, 0) is 6.20 Å². The van der Waals surface area contributed by atoms with E-state index in [0.717, 1.165) is 0 Å². The predicted octanol–water partition coefficient (Wildman–Crippen LogP) is 0.111. The van der Waals surface area contributed by atoms with Crippen LogP contribution in [-0.4, -0.2) is 6.67 Å². The number of thiol groups is 1. The van der Waals surface area contributed by atoms with Gasteiger partial charge in [0.05, 0.1) is 6.67 Å². The van der Waals surface area contributed by atoms with Crippen molar-refractivity contribution >= 4 is 12.8 Å². The molecule has 6 heavy (non-hydrogen) atoms. The molecule has 0 bridgehead atoms. The molecule has 0 aliphatic heterocycles. The summed E-state index contributed by atoms with van der Waals surface area (Å²) in [5.74, 6) is 0. The van der Waals surface area contributed by atoms with Crippen molar-refractivity contribution in [2.75, 3.05) is 6.67 Å². The lowest BCUT2D eigenvalue weighted by Gasteiger charge is -1.91. The molecule has 0 saturated carbocycles. The maximum atomic E-state index is 3.69. The Hall–Kier alpha value is -0.150. The molecule has 0 rings (SSSR count). The largest absolute Gasteiger partial charge is 0.378 e. The van der Waals surface area contributed by atoms with Crippen LogP contribution in [0.5, 0.6) is 0 Å². The first-order chi connectivity index (χ1) is 2.91. The van der Waals surface area contributed by atoms with E-state index >= 15 is 0 Å². The summed E-state index contributed by atoms with van der Waals surface area (Å²) in [6, 6.07) is 0. The molecule has 0 heterocycles. The molecule has 0 aromatic rings. The van der Waals surface area contributed by atoms with Crippen LogP contribution in [0.15, 0.2) is 12.8 Å². The number of hydrogen-bond acceptors (Lipinski definition) is 3. The second kappa shape index (κ2) is 4.85. The summed E-state index contributed by atoms with van der Waals surface area (Å²) < 4.78 is 2.58. The maximum Gasteiger partial charge on any atom is 0.0738 e. The Kier molecular flexibility index (Phi) is 4.73. The molecular formula is C3H8N2S. The van der Waals surface area contributed by atoms with E-state index in [-0.39, 0.29) is 0 Å². The maximum absolute atomic E-state index is 3.69. The minimum Gasteiger partial charge on any atom is -0.378 e. The van der Waals surface area contributed by atoms with E-state index < -0.39 is 0 Å². The van der Waals surface area contributed by atoms with Gasteiger partial charge in [0, 0.05) is 0 Å². The molecule has 0 saturated heterocycles. The number of rotatable bonds is 3. The lowest BCUT2D eigenvalue weighted by atomic mass is 10.9. The molecule has 0 aliphatic rings. The van der Waals surface area contributed by atoms with Crippen molar-refractivity contribution in [1.82, 2.24) is 10.0 Å². The molecule has 36 valence electrons. The van der Waals surface area contributed by atoms with Gasteiger partial charge in [-0.3, -0.25) is 0 Å². The van der Waals surface area contributed by atoms with E-state index in [9.17, 15) is 0 Å². The lowest BCUT2D eigenvalue weighted by molar-refractivity contribution is 0.839. The van der Waals surface area contributed by atoms with E-state index in [4.69, 9.17) is 0 Å². The van der Waals surface area contributed by atoms with Crippen LogP contribution in [0.4, 0.5) is 0 Å². The van der Waals surface area contributed by atoms with Gasteiger partial charge in [-0.25, -0.2) is 4.72 Å². The van der Waals surface area contributed by atoms with Gasteiger partial charge in [-0.2, -0.15) is 0 Å². The summed E-state index contributed by atoms with van der Waals surface area (Å²) in [6.07, 6.45) is 1.60. The van der Waals surface area contributed by atoms with Crippen LogP contribution in [0.1, 0.15) is 0 Å². The lowest BCUT2D eigenvalue weighted by Crippen LogP contribution is -2.15. The van der Waals surface area contributed by atoms with Crippen LogP contribution in [-0.2, 0) is 0 Å². The first-order valence-electron chi connectivity index (χ1n) is 1.63. The number of nitrogens with one attached hydrogen (secondary N) is 2. The molecule has 2 nitrogen and oxygen atoms in total. The SMILES string of the molecule is C=CNCNS. The fourth-order valence-electron chi connectivity index (χ4n) is 0.118. The summed E-state index contributed by atoms with van der Waals surface area (Å²) >= 11 is 3.69. The van der Waals surface area contributed by atoms with Crippen LogP contribution < -0.4 is 10.0 Å². The van der Waals surface area contributed by atoms with E-state index in [1.807, 2.05) is 0 Å². The van der Waals surface area contributed by atoms with Crippen molar-refractivity contribution in [1.29, 1.82) is 0 Å². The summed E-state index contributed by atoms with van der Waals surface area (Å²) in [4.78, 5) is 0. The quantitative estimate of drug-likeness (QED) is 0.269. The van der Waals surface area contributed by atoms with Gasteiger partial charge in [0.2, 0.25) is 0 Å².